The highest BCUT2D eigenvalue weighted by atomic mass is 35.5. The minimum atomic E-state index is -0.108. The Labute approximate surface area is 118 Å². The van der Waals surface area contributed by atoms with E-state index in [0.717, 1.165) is 22.4 Å². The maximum absolute atomic E-state index is 12.3. The van der Waals surface area contributed by atoms with Crippen LogP contribution in [0.15, 0.2) is 36.4 Å². The minimum Gasteiger partial charge on any atom is -0.322 e. The first-order chi connectivity index (χ1) is 8.99. The van der Waals surface area contributed by atoms with Crippen LogP contribution in [0.5, 0.6) is 0 Å². The Morgan fingerprint density at radius 2 is 1.84 bits per heavy atom. The van der Waals surface area contributed by atoms with Gasteiger partial charge in [0.1, 0.15) is 0 Å². The summed E-state index contributed by atoms with van der Waals surface area (Å²) in [4.78, 5) is 12.3. The van der Waals surface area contributed by atoms with Gasteiger partial charge in [-0.2, -0.15) is 0 Å². The van der Waals surface area contributed by atoms with Crippen molar-refractivity contribution in [1.29, 1.82) is 0 Å². The molecule has 0 saturated heterocycles. The summed E-state index contributed by atoms with van der Waals surface area (Å²) in [6.07, 6.45) is 0. The van der Waals surface area contributed by atoms with Gasteiger partial charge in [-0.25, -0.2) is 0 Å². The van der Waals surface area contributed by atoms with Crippen molar-refractivity contribution in [2.45, 2.75) is 20.8 Å². The highest BCUT2D eigenvalue weighted by Gasteiger charge is 2.11. The lowest BCUT2D eigenvalue weighted by atomic mass is 10.0. The van der Waals surface area contributed by atoms with Crippen LogP contribution in [0.3, 0.4) is 0 Å². The van der Waals surface area contributed by atoms with Crippen molar-refractivity contribution >= 4 is 23.2 Å². The molecule has 19 heavy (non-hydrogen) atoms. The molecule has 0 aliphatic carbocycles. The summed E-state index contributed by atoms with van der Waals surface area (Å²) in [5, 5.41) is 3.56. The van der Waals surface area contributed by atoms with Crippen molar-refractivity contribution in [1.82, 2.24) is 0 Å². The van der Waals surface area contributed by atoms with Gasteiger partial charge in [0.15, 0.2) is 0 Å². The number of aryl methyl sites for hydroxylation is 2. The second-order valence-corrected chi connectivity index (χ2v) is 5.09. The van der Waals surface area contributed by atoms with Crippen molar-refractivity contribution in [3.63, 3.8) is 0 Å². The highest BCUT2D eigenvalue weighted by molar-refractivity contribution is 6.31. The smallest absolute Gasteiger partial charge is 0.255 e. The number of rotatable bonds is 2. The average molecular weight is 274 g/mol. The predicted molar refractivity (Wildman–Crippen MR) is 80.1 cm³/mol. The molecule has 3 heteroatoms. The average Bonchev–Trinajstić information content (AvgIpc) is 2.34. The van der Waals surface area contributed by atoms with Crippen LogP contribution in [0, 0.1) is 20.8 Å². The summed E-state index contributed by atoms with van der Waals surface area (Å²) in [6, 6.07) is 11.3. The molecule has 0 radical (unpaired) electrons. The normalized spacial score (nSPS) is 10.3. The molecule has 0 bridgehead atoms. The van der Waals surface area contributed by atoms with Crippen molar-refractivity contribution in [2.24, 2.45) is 0 Å². The molecule has 0 atom stereocenters. The lowest BCUT2D eigenvalue weighted by molar-refractivity contribution is 0.102. The third kappa shape index (κ3) is 2.96. The Balaban J connectivity index is 2.28. The number of hydrogen-bond donors (Lipinski definition) is 1. The maximum atomic E-state index is 12.3. The molecule has 0 fully saturated rings. The van der Waals surface area contributed by atoms with Crippen LogP contribution in [0.2, 0.25) is 5.02 Å². The molecule has 2 aromatic carbocycles. The van der Waals surface area contributed by atoms with Gasteiger partial charge in [-0.1, -0.05) is 35.4 Å². The topological polar surface area (TPSA) is 29.1 Å². The molecule has 0 unspecified atom stereocenters. The molecule has 1 amide bonds. The van der Waals surface area contributed by atoms with Gasteiger partial charge in [0.05, 0.1) is 0 Å². The number of hydrogen-bond acceptors (Lipinski definition) is 1. The molecular formula is C16H16ClNO. The Kier molecular flexibility index (Phi) is 3.91. The first-order valence-electron chi connectivity index (χ1n) is 6.13. The first kappa shape index (κ1) is 13.6. The number of amides is 1. The van der Waals surface area contributed by atoms with Gasteiger partial charge in [-0.05, 0) is 50.1 Å². The van der Waals surface area contributed by atoms with E-state index in [2.05, 4.69) is 5.32 Å². The quantitative estimate of drug-likeness (QED) is 0.856. The van der Waals surface area contributed by atoms with Crippen LogP contribution >= 0.6 is 11.6 Å². The van der Waals surface area contributed by atoms with Crippen molar-refractivity contribution in [2.75, 3.05) is 5.32 Å². The molecule has 0 heterocycles. The van der Waals surface area contributed by atoms with Crippen molar-refractivity contribution in [3.8, 4) is 0 Å². The molecule has 2 nitrogen and oxygen atoms in total. The van der Waals surface area contributed by atoms with E-state index in [1.54, 1.807) is 0 Å². The standard InChI is InChI=1S/C16H16ClNO/c1-10-7-8-13(11(2)9-10)16(19)18-15-6-4-5-14(17)12(15)3/h4-9H,1-3H3,(H,18,19). The largest absolute Gasteiger partial charge is 0.322 e. The van der Waals surface area contributed by atoms with Crippen LogP contribution in [0.4, 0.5) is 5.69 Å². The Hall–Kier alpha value is -1.80. The lowest BCUT2D eigenvalue weighted by Crippen LogP contribution is -2.14. The van der Waals surface area contributed by atoms with E-state index in [1.165, 1.54) is 0 Å². The molecule has 0 aromatic heterocycles. The predicted octanol–water partition coefficient (Wildman–Crippen LogP) is 4.52. The molecule has 0 aliphatic rings. The number of anilines is 1. The van der Waals surface area contributed by atoms with Crippen LogP contribution in [0.25, 0.3) is 0 Å². The van der Waals surface area contributed by atoms with E-state index in [0.29, 0.717) is 10.6 Å². The van der Waals surface area contributed by atoms with Gasteiger partial charge in [0.2, 0.25) is 0 Å². The summed E-state index contributed by atoms with van der Waals surface area (Å²) in [5.74, 6) is -0.108. The van der Waals surface area contributed by atoms with Gasteiger partial charge in [0.25, 0.3) is 5.91 Å². The molecule has 1 N–H and O–H groups in total. The van der Waals surface area contributed by atoms with E-state index in [1.807, 2.05) is 57.2 Å². The molecule has 0 spiro atoms. The lowest BCUT2D eigenvalue weighted by Gasteiger charge is -2.11. The third-order valence-corrected chi connectivity index (χ3v) is 3.55. The summed E-state index contributed by atoms with van der Waals surface area (Å²) in [6.45, 7) is 5.84. The van der Waals surface area contributed by atoms with Gasteiger partial charge >= 0.3 is 0 Å². The third-order valence-electron chi connectivity index (χ3n) is 3.14. The molecule has 98 valence electrons. The van der Waals surface area contributed by atoms with Gasteiger partial charge in [-0.15, -0.1) is 0 Å². The summed E-state index contributed by atoms with van der Waals surface area (Å²) in [5.41, 5.74) is 4.43. The second kappa shape index (κ2) is 5.45. The van der Waals surface area contributed by atoms with Gasteiger partial charge in [-0.3, -0.25) is 4.79 Å². The van der Waals surface area contributed by atoms with E-state index in [-0.39, 0.29) is 5.91 Å². The number of carbonyl (C=O) groups is 1. The molecule has 0 saturated carbocycles. The van der Waals surface area contributed by atoms with Crippen molar-refractivity contribution in [3.05, 3.63) is 63.7 Å². The van der Waals surface area contributed by atoms with Crippen LogP contribution in [-0.4, -0.2) is 5.91 Å². The zero-order valence-electron chi connectivity index (χ0n) is 11.3. The number of nitrogens with one attached hydrogen (secondary N) is 1. The van der Waals surface area contributed by atoms with Crippen LogP contribution in [-0.2, 0) is 0 Å². The van der Waals surface area contributed by atoms with Gasteiger partial charge < -0.3 is 5.32 Å². The van der Waals surface area contributed by atoms with Crippen molar-refractivity contribution < 1.29 is 4.79 Å². The molecule has 2 rings (SSSR count). The Morgan fingerprint density at radius 1 is 1.11 bits per heavy atom. The molecular weight excluding hydrogens is 258 g/mol. The monoisotopic (exact) mass is 273 g/mol. The van der Waals surface area contributed by atoms with Crippen LogP contribution in [0.1, 0.15) is 27.0 Å². The summed E-state index contributed by atoms with van der Waals surface area (Å²) >= 11 is 6.04. The second-order valence-electron chi connectivity index (χ2n) is 4.68. The first-order valence-corrected chi connectivity index (χ1v) is 6.50. The minimum absolute atomic E-state index is 0.108. The van der Waals surface area contributed by atoms with E-state index in [4.69, 9.17) is 11.6 Å². The Morgan fingerprint density at radius 3 is 2.53 bits per heavy atom. The maximum Gasteiger partial charge on any atom is 0.255 e. The zero-order valence-corrected chi connectivity index (χ0v) is 12.0. The summed E-state index contributed by atoms with van der Waals surface area (Å²) < 4.78 is 0. The molecule has 2 aromatic rings. The van der Waals surface area contributed by atoms with E-state index < -0.39 is 0 Å². The van der Waals surface area contributed by atoms with Crippen LogP contribution < -0.4 is 5.32 Å². The zero-order chi connectivity index (χ0) is 14.0. The number of benzene rings is 2. The van der Waals surface area contributed by atoms with Gasteiger partial charge in [0, 0.05) is 16.3 Å². The number of halogens is 1. The van der Waals surface area contributed by atoms with E-state index >= 15 is 0 Å². The SMILES string of the molecule is Cc1ccc(C(=O)Nc2cccc(Cl)c2C)c(C)c1. The number of carbonyl (C=O) groups excluding carboxylic acids is 1. The highest BCUT2D eigenvalue weighted by Crippen LogP contribution is 2.23. The molecule has 0 aliphatic heterocycles. The fourth-order valence-electron chi connectivity index (χ4n) is 2.00. The fraction of sp³-hybridized carbons (Fsp3) is 0.188. The Bertz CT molecular complexity index is 635. The fourth-order valence-corrected chi connectivity index (χ4v) is 2.18. The summed E-state index contributed by atoms with van der Waals surface area (Å²) in [7, 11) is 0. The van der Waals surface area contributed by atoms with E-state index in [9.17, 15) is 4.79 Å².